The molecule has 3 aliphatic carbocycles. The summed E-state index contributed by atoms with van der Waals surface area (Å²) < 4.78 is 59.3. The van der Waals surface area contributed by atoms with Gasteiger partial charge in [0.15, 0.2) is 5.82 Å². The molecule has 1 aliphatic heterocycles. The van der Waals surface area contributed by atoms with Crippen molar-refractivity contribution in [2.24, 2.45) is 15.9 Å². The summed E-state index contributed by atoms with van der Waals surface area (Å²) in [5.74, 6) is -3.13. The minimum absolute atomic E-state index is 0.0810. The van der Waals surface area contributed by atoms with Crippen LogP contribution in [0.3, 0.4) is 0 Å². The Morgan fingerprint density at radius 3 is 2.43 bits per heavy atom. The average molecular weight is 490 g/mol. The Morgan fingerprint density at radius 2 is 1.71 bits per heavy atom. The van der Waals surface area contributed by atoms with E-state index in [1.165, 1.54) is 17.1 Å². The summed E-state index contributed by atoms with van der Waals surface area (Å²) in [6.07, 6.45) is 10.2. The summed E-state index contributed by atoms with van der Waals surface area (Å²) in [6, 6.07) is 3.61. The minimum atomic E-state index is -0.783. The van der Waals surface area contributed by atoms with Crippen LogP contribution in [0.1, 0.15) is 69.4 Å². The van der Waals surface area contributed by atoms with Crippen molar-refractivity contribution >= 4 is 12.1 Å². The summed E-state index contributed by atoms with van der Waals surface area (Å²) in [6.45, 7) is 0.394. The van der Waals surface area contributed by atoms with Crippen LogP contribution in [0, 0.1) is 34.1 Å². The van der Waals surface area contributed by atoms with Crippen LogP contribution in [0.4, 0.5) is 17.6 Å². The highest BCUT2D eigenvalue weighted by molar-refractivity contribution is 5.79. The van der Waals surface area contributed by atoms with E-state index in [2.05, 4.69) is 10.1 Å². The van der Waals surface area contributed by atoms with E-state index in [0.717, 1.165) is 63.3 Å². The molecule has 0 saturated heterocycles. The molecule has 1 amide bonds. The van der Waals surface area contributed by atoms with Crippen molar-refractivity contribution in [1.82, 2.24) is 9.99 Å². The molecule has 6 rings (SSSR count). The van der Waals surface area contributed by atoms with Crippen molar-refractivity contribution < 1.29 is 27.1 Å². The van der Waals surface area contributed by atoms with Crippen LogP contribution in [0.5, 0.6) is 5.88 Å². The molecule has 2 heterocycles. The van der Waals surface area contributed by atoms with E-state index in [1.807, 2.05) is 0 Å². The monoisotopic (exact) mass is 489 g/mol. The van der Waals surface area contributed by atoms with Crippen LogP contribution in [0.15, 0.2) is 35.6 Å². The van der Waals surface area contributed by atoms with Crippen LogP contribution >= 0.6 is 0 Å². The molecule has 1 aromatic carbocycles. The fourth-order valence-electron chi connectivity index (χ4n) is 6.14. The SMILES string of the molecule is O=C(CCCCCC12CC(COc3ncc(F)cc3F)(C1)C2)N1N=CCC1c1cc(F)cc(F)c1. The molecular weight excluding hydrogens is 462 g/mol. The van der Waals surface area contributed by atoms with Gasteiger partial charge in [-0.1, -0.05) is 12.8 Å². The summed E-state index contributed by atoms with van der Waals surface area (Å²) in [5, 5.41) is 5.48. The predicted molar refractivity (Wildman–Crippen MR) is 121 cm³/mol. The molecule has 1 atom stereocenters. The Hall–Kier alpha value is -2.97. The van der Waals surface area contributed by atoms with Gasteiger partial charge in [-0.25, -0.2) is 27.6 Å². The number of carbonyl (C=O) groups is 1. The number of amides is 1. The molecule has 3 fully saturated rings. The smallest absolute Gasteiger partial charge is 0.250 e. The number of hydrogen-bond acceptors (Lipinski definition) is 4. The van der Waals surface area contributed by atoms with Gasteiger partial charge in [0, 0.05) is 36.6 Å². The standard InChI is InChI=1S/C26H27F4N3O2/c27-18-8-17(9-19(28)10-18)22-5-7-32-33(22)23(34)4-2-1-3-6-25-13-26(14-25,15-25)16-35-24-21(30)11-20(29)12-31-24/h7-12,22H,1-6,13-16H2. The summed E-state index contributed by atoms with van der Waals surface area (Å²) in [5.41, 5.74) is 0.818. The Morgan fingerprint density at radius 1 is 0.971 bits per heavy atom. The van der Waals surface area contributed by atoms with Crippen LogP contribution in [-0.4, -0.2) is 28.7 Å². The number of halogens is 4. The maximum absolute atomic E-state index is 13.7. The lowest BCUT2D eigenvalue weighted by atomic mass is 9.34. The first-order chi connectivity index (χ1) is 16.8. The number of pyridine rings is 1. The van der Waals surface area contributed by atoms with Gasteiger partial charge in [0.05, 0.1) is 18.8 Å². The number of hydrogen-bond donors (Lipinski definition) is 0. The van der Waals surface area contributed by atoms with Crippen LogP contribution in [0.25, 0.3) is 0 Å². The maximum atomic E-state index is 13.7. The van der Waals surface area contributed by atoms with Crippen molar-refractivity contribution in [3.8, 4) is 5.88 Å². The first-order valence-corrected chi connectivity index (χ1v) is 12.0. The van der Waals surface area contributed by atoms with E-state index in [1.54, 1.807) is 6.21 Å². The van der Waals surface area contributed by atoms with E-state index in [0.29, 0.717) is 30.4 Å². The van der Waals surface area contributed by atoms with Gasteiger partial charge in [-0.15, -0.1) is 0 Å². The Bertz CT molecular complexity index is 1120. The maximum Gasteiger partial charge on any atom is 0.250 e. The number of unbranched alkanes of at least 4 members (excludes halogenated alkanes) is 2. The molecular formula is C26H27F4N3O2. The summed E-state index contributed by atoms with van der Waals surface area (Å²) >= 11 is 0. The zero-order valence-corrected chi connectivity index (χ0v) is 19.3. The third-order valence-electron chi connectivity index (χ3n) is 7.49. The highest BCUT2D eigenvalue weighted by Gasteiger charge is 2.67. The summed E-state index contributed by atoms with van der Waals surface area (Å²) in [7, 11) is 0. The third kappa shape index (κ3) is 4.90. The summed E-state index contributed by atoms with van der Waals surface area (Å²) in [4.78, 5) is 16.3. The van der Waals surface area contributed by atoms with E-state index in [-0.39, 0.29) is 17.2 Å². The van der Waals surface area contributed by atoms with Crippen molar-refractivity contribution in [3.05, 3.63) is 59.3 Å². The van der Waals surface area contributed by atoms with Crippen LogP contribution in [-0.2, 0) is 4.79 Å². The minimum Gasteiger partial charge on any atom is -0.475 e. The fourth-order valence-corrected chi connectivity index (χ4v) is 6.14. The van der Waals surface area contributed by atoms with Gasteiger partial charge in [-0.2, -0.15) is 5.10 Å². The highest BCUT2D eigenvalue weighted by Crippen LogP contribution is 2.75. The molecule has 0 N–H and O–H groups in total. The highest BCUT2D eigenvalue weighted by atomic mass is 19.1. The normalized spacial score (nSPS) is 26.4. The van der Waals surface area contributed by atoms with Crippen molar-refractivity contribution in [2.75, 3.05) is 6.61 Å². The van der Waals surface area contributed by atoms with Crippen molar-refractivity contribution in [2.45, 2.75) is 63.8 Å². The topological polar surface area (TPSA) is 54.8 Å². The largest absolute Gasteiger partial charge is 0.475 e. The number of ether oxygens (including phenoxy) is 1. The van der Waals surface area contributed by atoms with Crippen molar-refractivity contribution in [3.63, 3.8) is 0 Å². The Labute approximate surface area is 201 Å². The molecule has 0 radical (unpaired) electrons. The first-order valence-electron chi connectivity index (χ1n) is 12.0. The van der Waals surface area contributed by atoms with Gasteiger partial charge < -0.3 is 4.74 Å². The zero-order valence-electron chi connectivity index (χ0n) is 19.3. The van der Waals surface area contributed by atoms with Crippen molar-refractivity contribution in [1.29, 1.82) is 0 Å². The number of benzene rings is 1. The second-order valence-electron chi connectivity index (χ2n) is 10.3. The van der Waals surface area contributed by atoms with Gasteiger partial charge >= 0.3 is 0 Å². The molecule has 9 heteroatoms. The van der Waals surface area contributed by atoms with Gasteiger partial charge in [0.1, 0.15) is 17.5 Å². The molecule has 35 heavy (non-hydrogen) atoms. The van der Waals surface area contributed by atoms with E-state index < -0.39 is 29.3 Å². The molecule has 4 aliphatic rings. The number of hydrazone groups is 1. The molecule has 2 aromatic rings. The first kappa shape index (κ1) is 23.8. The predicted octanol–water partition coefficient (Wildman–Crippen LogP) is 6.10. The number of carbonyl (C=O) groups excluding carboxylic acids is 1. The Kier molecular flexibility index (Phi) is 6.27. The number of rotatable bonds is 10. The van der Waals surface area contributed by atoms with E-state index in [9.17, 15) is 22.4 Å². The Balaban J connectivity index is 1.00. The second kappa shape index (κ2) is 9.24. The molecule has 1 unspecified atom stereocenters. The molecule has 2 bridgehead atoms. The molecule has 3 saturated carbocycles. The number of nitrogens with zero attached hydrogens (tertiary/aromatic N) is 3. The molecule has 1 aromatic heterocycles. The molecule has 186 valence electrons. The quantitative estimate of drug-likeness (QED) is 0.300. The van der Waals surface area contributed by atoms with Crippen LogP contribution in [0.2, 0.25) is 0 Å². The fraction of sp³-hybridized carbons (Fsp3) is 0.500. The zero-order chi connectivity index (χ0) is 24.6. The number of aromatic nitrogens is 1. The van der Waals surface area contributed by atoms with Gasteiger partial charge in [0.2, 0.25) is 5.91 Å². The third-order valence-corrected chi connectivity index (χ3v) is 7.49. The second-order valence-corrected chi connectivity index (χ2v) is 10.3. The lowest BCUT2D eigenvalue weighted by molar-refractivity contribution is -0.223. The van der Waals surface area contributed by atoms with Crippen LogP contribution < -0.4 is 4.74 Å². The lowest BCUT2D eigenvalue weighted by Crippen LogP contribution is -2.63. The van der Waals surface area contributed by atoms with E-state index >= 15 is 0 Å². The molecule has 0 spiro atoms. The van der Waals surface area contributed by atoms with E-state index in [4.69, 9.17) is 4.74 Å². The van der Waals surface area contributed by atoms with Gasteiger partial charge in [-0.3, -0.25) is 4.79 Å². The average Bonchev–Trinajstić information content (AvgIpc) is 3.24. The lowest BCUT2D eigenvalue weighted by Gasteiger charge is -2.71. The molecule has 5 nitrogen and oxygen atoms in total. The van der Waals surface area contributed by atoms with Gasteiger partial charge in [-0.05, 0) is 55.2 Å². The van der Waals surface area contributed by atoms with Gasteiger partial charge in [0.25, 0.3) is 5.88 Å².